The highest BCUT2D eigenvalue weighted by Gasteiger charge is 2.54. The predicted octanol–water partition coefficient (Wildman–Crippen LogP) is 3.05. The number of thiazole rings is 1. The highest BCUT2D eigenvalue weighted by atomic mass is 32.1. The van der Waals surface area contributed by atoms with Crippen molar-refractivity contribution in [1.82, 2.24) is 29.6 Å². The summed E-state index contributed by atoms with van der Waals surface area (Å²) in [5.74, 6) is 0.611. The average Bonchev–Trinajstić information content (AvgIpc) is 3.13. The second-order valence-corrected chi connectivity index (χ2v) is 9.49. The Morgan fingerprint density at radius 1 is 1.18 bits per heavy atom. The molecule has 1 N–H and O–H groups in total. The number of aryl methyl sites for hydroxylation is 1. The van der Waals surface area contributed by atoms with Crippen LogP contribution >= 0.6 is 11.3 Å². The van der Waals surface area contributed by atoms with E-state index in [1.54, 1.807) is 12.4 Å². The summed E-state index contributed by atoms with van der Waals surface area (Å²) in [6.45, 7) is 2.94. The summed E-state index contributed by atoms with van der Waals surface area (Å²) >= 11 is 1.50. The van der Waals surface area contributed by atoms with Crippen molar-refractivity contribution < 1.29 is 9.59 Å². The molecule has 0 spiro atoms. The van der Waals surface area contributed by atoms with E-state index in [0.717, 1.165) is 16.9 Å². The molecule has 1 aliphatic carbocycles. The molecule has 0 radical (unpaired) electrons. The lowest BCUT2D eigenvalue weighted by atomic mass is 10.1. The molecule has 1 aromatic carbocycles. The number of hydrogen-bond acceptors (Lipinski definition) is 6. The summed E-state index contributed by atoms with van der Waals surface area (Å²) in [4.78, 5) is 42.6. The van der Waals surface area contributed by atoms with Crippen LogP contribution in [0.5, 0.6) is 0 Å². The van der Waals surface area contributed by atoms with E-state index >= 15 is 0 Å². The van der Waals surface area contributed by atoms with Crippen molar-refractivity contribution >= 4 is 28.1 Å². The smallest absolute Gasteiger partial charge is 0.275 e. The molecule has 0 unspecified atom stereocenters. The summed E-state index contributed by atoms with van der Waals surface area (Å²) in [5, 5.41) is 4.98. The van der Waals surface area contributed by atoms with E-state index in [1.165, 1.54) is 11.3 Å². The van der Waals surface area contributed by atoms with Crippen LogP contribution in [0.15, 0.2) is 54.3 Å². The molecule has 3 atom stereocenters. The van der Waals surface area contributed by atoms with E-state index < -0.39 is 0 Å². The number of nitrogens with one attached hydrogen (secondary N) is 1. The number of imidazole rings is 1. The molecule has 9 heteroatoms. The number of nitrogens with zero attached hydrogens (tertiary/aromatic N) is 5. The number of carbonyl (C=O) groups excluding carboxylic acids is 2. The molecule has 33 heavy (non-hydrogen) atoms. The Kier molecular flexibility index (Phi) is 4.72. The van der Waals surface area contributed by atoms with E-state index in [0.29, 0.717) is 47.7 Å². The maximum Gasteiger partial charge on any atom is 0.275 e. The predicted molar refractivity (Wildman–Crippen MR) is 124 cm³/mol. The van der Waals surface area contributed by atoms with Gasteiger partial charge in [0.25, 0.3) is 11.8 Å². The molecule has 4 aromatic rings. The Labute approximate surface area is 194 Å². The summed E-state index contributed by atoms with van der Waals surface area (Å²) in [7, 11) is 0. The van der Waals surface area contributed by atoms with Crippen LogP contribution in [0.1, 0.15) is 33.1 Å². The van der Waals surface area contributed by atoms with E-state index in [-0.39, 0.29) is 17.9 Å². The minimum absolute atomic E-state index is 0.0525. The summed E-state index contributed by atoms with van der Waals surface area (Å²) in [6, 6.07) is 9.58. The van der Waals surface area contributed by atoms with Crippen LogP contribution in [0.25, 0.3) is 16.2 Å². The van der Waals surface area contributed by atoms with E-state index in [1.807, 2.05) is 58.1 Å². The van der Waals surface area contributed by atoms with Gasteiger partial charge in [0, 0.05) is 42.6 Å². The molecule has 1 aliphatic heterocycles. The maximum atomic E-state index is 13.6. The Balaban J connectivity index is 1.23. The van der Waals surface area contributed by atoms with Crippen LogP contribution in [-0.2, 0) is 0 Å². The van der Waals surface area contributed by atoms with Crippen molar-refractivity contribution in [2.45, 2.75) is 19.4 Å². The standard InChI is InChI=1S/C24H22N6O2S/c1-14-21(29-9-10-33-24(29)28-14)22(31)27-12-18-17-11-16(17)13-30(18)23(32)20-19(25-7-8-26-20)15-5-3-2-4-6-15/h2-10,16-18H,11-13H2,1H3,(H,27,31)/t16-,17-,18+/m0/s1. The lowest BCUT2D eigenvalue weighted by Crippen LogP contribution is -2.46. The number of carbonyl (C=O) groups is 2. The monoisotopic (exact) mass is 458 g/mol. The third kappa shape index (κ3) is 3.39. The van der Waals surface area contributed by atoms with E-state index in [2.05, 4.69) is 20.3 Å². The van der Waals surface area contributed by atoms with Gasteiger partial charge in [-0.3, -0.25) is 19.0 Å². The van der Waals surface area contributed by atoms with Crippen LogP contribution in [0.4, 0.5) is 0 Å². The van der Waals surface area contributed by atoms with Gasteiger partial charge in [-0.15, -0.1) is 11.3 Å². The first kappa shape index (κ1) is 20.0. The number of rotatable bonds is 5. The number of likely N-dealkylation sites (tertiary alicyclic amines) is 1. The number of amides is 2. The average molecular weight is 459 g/mol. The topological polar surface area (TPSA) is 92.5 Å². The van der Waals surface area contributed by atoms with Gasteiger partial charge in [-0.2, -0.15) is 0 Å². The second kappa shape index (κ2) is 7.77. The molecule has 4 heterocycles. The van der Waals surface area contributed by atoms with Crippen molar-refractivity contribution in [3.05, 3.63) is 71.4 Å². The third-order valence-electron chi connectivity index (χ3n) is 6.64. The van der Waals surface area contributed by atoms with E-state index in [4.69, 9.17) is 0 Å². The Morgan fingerprint density at radius 2 is 2.00 bits per heavy atom. The molecule has 1 saturated heterocycles. The quantitative estimate of drug-likeness (QED) is 0.496. The normalized spacial score (nSPS) is 21.2. The second-order valence-electron chi connectivity index (χ2n) is 8.62. The first-order valence-corrected chi connectivity index (χ1v) is 11.9. The van der Waals surface area contributed by atoms with Gasteiger partial charge in [0.2, 0.25) is 0 Å². The zero-order valence-corrected chi connectivity index (χ0v) is 18.8. The molecule has 166 valence electrons. The lowest BCUT2D eigenvalue weighted by Gasteiger charge is -2.28. The fraction of sp³-hybridized carbons (Fsp3) is 0.292. The number of piperidine rings is 1. The Hall–Kier alpha value is -3.59. The largest absolute Gasteiger partial charge is 0.349 e. The number of hydrogen-bond donors (Lipinski definition) is 1. The van der Waals surface area contributed by atoms with Crippen LogP contribution < -0.4 is 5.32 Å². The molecule has 2 fully saturated rings. The summed E-state index contributed by atoms with van der Waals surface area (Å²) in [6.07, 6.45) is 6.12. The SMILES string of the molecule is Cc1nc2sccn2c1C(=O)NC[C@@H]1[C@H]2C[C@H]2CN1C(=O)c1nccnc1-c1ccccc1. The van der Waals surface area contributed by atoms with Crippen molar-refractivity contribution in [2.75, 3.05) is 13.1 Å². The van der Waals surface area contributed by atoms with Gasteiger partial charge in [-0.25, -0.2) is 9.97 Å². The number of aromatic nitrogens is 4. The van der Waals surface area contributed by atoms with Crippen LogP contribution in [-0.4, -0.2) is 55.2 Å². The summed E-state index contributed by atoms with van der Waals surface area (Å²) in [5.41, 5.74) is 3.05. The lowest BCUT2D eigenvalue weighted by molar-refractivity contribution is 0.0689. The molecule has 3 aromatic heterocycles. The minimum Gasteiger partial charge on any atom is -0.349 e. The third-order valence-corrected chi connectivity index (χ3v) is 7.39. The highest BCUT2D eigenvalue weighted by Crippen LogP contribution is 2.49. The van der Waals surface area contributed by atoms with Crippen molar-refractivity contribution in [1.29, 1.82) is 0 Å². The van der Waals surface area contributed by atoms with Gasteiger partial charge in [-0.05, 0) is 25.2 Å². The fourth-order valence-corrected chi connectivity index (χ4v) is 5.71. The first-order chi connectivity index (χ1) is 16.1. The van der Waals surface area contributed by atoms with Gasteiger partial charge < -0.3 is 10.2 Å². The van der Waals surface area contributed by atoms with Crippen molar-refractivity contribution in [3.8, 4) is 11.3 Å². The molecule has 8 nitrogen and oxygen atoms in total. The fourth-order valence-electron chi connectivity index (χ4n) is 4.95. The number of fused-ring (bicyclic) bond motifs is 2. The van der Waals surface area contributed by atoms with Gasteiger partial charge >= 0.3 is 0 Å². The van der Waals surface area contributed by atoms with Crippen molar-refractivity contribution in [3.63, 3.8) is 0 Å². The maximum absolute atomic E-state index is 13.6. The van der Waals surface area contributed by atoms with Gasteiger partial charge in [0.05, 0.1) is 11.7 Å². The number of benzene rings is 1. The van der Waals surface area contributed by atoms with Gasteiger partial charge in [-0.1, -0.05) is 30.3 Å². The van der Waals surface area contributed by atoms with Crippen LogP contribution in [0, 0.1) is 18.8 Å². The molecule has 0 bridgehead atoms. The zero-order chi connectivity index (χ0) is 22.5. The molecular formula is C24H22N6O2S. The van der Waals surface area contributed by atoms with Crippen LogP contribution in [0.2, 0.25) is 0 Å². The van der Waals surface area contributed by atoms with Gasteiger partial charge in [0.1, 0.15) is 11.4 Å². The highest BCUT2D eigenvalue weighted by molar-refractivity contribution is 7.15. The zero-order valence-electron chi connectivity index (χ0n) is 18.0. The van der Waals surface area contributed by atoms with Crippen molar-refractivity contribution in [2.24, 2.45) is 11.8 Å². The Morgan fingerprint density at radius 3 is 2.85 bits per heavy atom. The van der Waals surface area contributed by atoms with Crippen LogP contribution in [0.3, 0.4) is 0 Å². The Bertz CT molecular complexity index is 1360. The summed E-state index contributed by atoms with van der Waals surface area (Å²) < 4.78 is 1.82. The van der Waals surface area contributed by atoms with E-state index in [9.17, 15) is 9.59 Å². The molecular weight excluding hydrogens is 436 g/mol. The first-order valence-electron chi connectivity index (χ1n) is 11.0. The molecule has 2 aliphatic rings. The molecule has 2 amide bonds. The minimum atomic E-state index is -0.167. The molecule has 6 rings (SSSR count). The van der Waals surface area contributed by atoms with Gasteiger partial charge in [0.15, 0.2) is 10.7 Å². The molecule has 1 saturated carbocycles.